The van der Waals surface area contributed by atoms with Gasteiger partial charge in [-0.05, 0) is 17.5 Å². The van der Waals surface area contributed by atoms with Crippen LogP contribution in [-0.4, -0.2) is 28.8 Å². The molecule has 1 aliphatic heterocycles. The molecule has 1 aliphatic rings. The van der Waals surface area contributed by atoms with E-state index in [9.17, 15) is 9.13 Å². The minimum absolute atomic E-state index is 0.0301. The monoisotopic (exact) mass is 458 g/mol. The van der Waals surface area contributed by atoms with Gasteiger partial charge in [0.15, 0.2) is 6.29 Å². The summed E-state index contributed by atoms with van der Waals surface area (Å²) in [5, 5.41) is 0. The van der Waals surface area contributed by atoms with Crippen LogP contribution in [0.15, 0.2) is 60.7 Å². The fourth-order valence-electron chi connectivity index (χ4n) is 2.77. The van der Waals surface area contributed by atoms with Gasteiger partial charge in [0.1, 0.15) is 0 Å². The van der Waals surface area contributed by atoms with E-state index < -0.39 is 28.0 Å². The summed E-state index contributed by atoms with van der Waals surface area (Å²) in [6.45, 7) is -0.0768. The lowest BCUT2D eigenvalue weighted by molar-refractivity contribution is -0.0957. The molecule has 1 saturated heterocycles. The highest BCUT2D eigenvalue weighted by atomic mass is 31.2. The van der Waals surface area contributed by atoms with Crippen molar-refractivity contribution in [3.63, 3.8) is 0 Å². The first-order chi connectivity index (χ1) is 14.3. The predicted octanol–water partition coefficient (Wildman–Crippen LogP) is 4.16. The number of ether oxygens (including phenoxy) is 1. The Balaban J connectivity index is 1.57. The summed E-state index contributed by atoms with van der Waals surface area (Å²) in [5.41, 5.74) is 1.61. The van der Waals surface area contributed by atoms with E-state index in [0.717, 1.165) is 11.1 Å². The van der Waals surface area contributed by atoms with Gasteiger partial charge in [0.05, 0.1) is 25.9 Å². The summed E-state index contributed by atoms with van der Waals surface area (Å²) in [7, 11) is -8.59. The Bertz CT molecular complexity index is 825. The van der Waals surface area contributed by atoms with Gasteiger partial charge in [-0.1, -0.05) is 60.7 Å². The number of phosphoric ester groups is 2. The first-order valence-electron chi connectivity index (χ1n) is 9.32. The number of hydrogen-bond donors (Lipinski definition) is 2. The van der Waals surface area contributed by atoms with Crippen LogP contribution >= 0.6 is 15.6 Å². The zero-order valence-corrected chi connectivity index (χ0v) is 17.9. The van der Waals surface area contributed by atoms with Crippen molar-refractivity contribution < 1.29 is 41.7 Å². The molecule has 164 valence electrons. The maximum Gasteiger partial charge on any atom is 0.475 e. The van der Waals surface area contributed by atoms with Crippen LogP contribution in [0.2, 0.25) is 0 Å². The maximum atomic E-state index is 13.1. The lowest BCUT2D eigenvalue weighted by Crippen LogP contribution is -2.18. The van der Waals surface area contributed by atoms with Crippen LogP contribution < -0.4 is 0 Å². The number of rotatable bonds is 11. The van der Waals surface area contributed by atoms with Gasteiger partial charge in [0, 0.05) is 6.42 Å². The summed E-state index contributed by atoms with van der Waals surface area (Å²) < 4.78 is 50.5. The molecule has 0 saturated carbocycles. The van der Waals surface area contributed by atoms with E-state index in [4.69, 9.17) is 28.1 Å². The topological polar surface area (TPSA) is 121 Å². The van der Waals surface area contributed by atoms with Gasteiger partial charge < -0.3 is 14.5 Å². The highest BCUT2D eigenvalue weighted by Crippen LogP contribution is 2.51. The van der Waals surface area contributed by atoms with E-state index in [2.05, 4.69) is 4.52 Å². The van der Waals surface area contributed by atoms with E-state index >= 15 is 0 Å². The Kier molecular flexibility index (Phi) is 8.36. The first kappa shape index (κ1) is 23.3. The molecular formula is C19H24O9P2. The summed E-state index contributed by atoms with van der Waals surface area (Å²) in [5.74, 6) is 0. The summed E-state index contributed by atoms with van der Waals surface area (Å²) in [6.07, 6.45) is -0.911. The average Bonchev–Trinajstić information content (AvgIpc) is 3.17. The van der Waals surface area contributed by atoms with Crippen molar-refractivity contribution in [3.05, 3.63) is 71.8 Å². The van der Waals surface area contributed by atoms with Crippen molar-refractivity contribution in [3.8, 4) is 0 Å². The van der Waals surface area contributed by atoms with E-state index in [1.165, 1.54) is 0 Å². The standard InChI is InChI=1S/C19H24O9P2/c20-29(21,22)28-19-12-11-18(27-19)15-26-30(23,24-13-16-7-3-1-4-8-16)25-14-17-9-5-2-6-10-17/h1-10,18-19H,11-15H2,(H2,20,21,22)/t18-,19?/m0/s1. The lowest BCUT2D eigenvalue weighted by atomic mass is 10.2. The third kappa shape index (κ3) is 8.04. The molecule has 2 atom stereocenters. The van der Waals surface area contributed by atoms with E-state index in [1.807, 2.05) is 60.7 Å². The summed E-state index contributed by atoms with van der Waals surface area (Å²) in [6, 6.07) is 18.4. The van der Waals surface area contributed by atoms with Crippen molar-refractivity contribution in [2.45, 2.75) is 38.4 Å². The summed E-state index contributed by atoms with van der Waals surface area (Å²) in [4.78, 5) is 17.7. The van der Waals surface area contributed by atoms with Gasteiger partial charge in [-0.3, -0.25) is 18.1 Å². The largest absolute Gasteiger partial charge is 0.475 e. The molecule has 0 spiro atoms. The molecule has 3 rings (SSSR count). The van der Waals surface area contributed by atoms with Crippen molar-refractivity contribution in [1.82, 2.24) is 0 Å². The molecule has 0 aromatic heterocycles. The van der Waals surface area contributed by atoms with E-state index in [1.54, 1.807) is 0 Å². The first-order valence-corrected chi connectivity index (χ1v) is 12.3. The van der Waals surface area contributed by atoms with Crippen LogP contribution in [0.5, 0.6) is 0 Å². The number of phosphoric acid groups is 2. The minimum atomic E-state index is -4.65. The molecule has 0 radical (unpaired) electrons. The maximum absolute atomic E-state index is 13.1. The smallest absolute Gasteiger partial charge is 0.346 e. The van der Waals surface area contributed by atoms with Gasteiger partial charge in [0.2, 0.25) is 0 Å². The van der Waals surface area contributed by atoms with Crippen molar-refractivity contribution in [1.29, 1.82) is 0 Å². The Hall–Kier alpha value is -1.38. The molecule has 11 heteroatoms. The van der Waals surface area contributed by atoms with Crippen molar-refractivity contribution in [2.75, 3.05) is 6.61 Å². The zero-order valence-electron chi connectivity index (χ0n) is 16.1. The van der Waals surface area contributed by atoms with E-state index in [-0.39, 0.29) is 26.2 Å². The highest BCUT2D eigenvalue weighted by molar-refractivity contribution is 7.48. The number of benzene rings is 2. The minimum Gasteiger partial charge on any atom is -0.346 e. The van der Waals surface area contributed by atoms with Gasteiger partial charge in [-0.15, -0.1) is 0 Å². The molecular weight excluding hydrogens is 434 g/mol. The molecule has 0 bridgehead atoms. The SMILES string of the molecule is O=P(O)(O)OC1CC[C@@H](COP(=O)(OCc2ccccc2)OCc2ccccc2)O1. The molecule has 0 aliphatic carbocycles. The van der Waals surface area contributed by atoms with Gasteiger partial charge in [-0.25, -0.2) is 9.13 Å². The molecule has 2 N–H and O–H groups in total. The Morgan fingerprint density at radius 3 is 1.87 bits per heavy atom. The Labute approximate surface area is 174 Å². The molecule has 9 nitrogen and oxygen atoms in total. The molecule has 1 unspecified atom stereocenters. The number of hydrogen-bond acceptors (Lipinski definition) is 7. The lowest BCUT2D eigenvalue weighted by Gasteiger charge is -2.20. The molecule has 2 aromatic rings. The highest BCUT2D eigenvalue weighted by Gasteiger charge is 2.34. The van der Waals surface area contributed by atoms with Gasteiger partial charge in [-0.2, -0.15) is 0 Å². The Morgan fingerprint density at radius 1 is 0.833 bits per heavy atom. The second-order valence-corrected chi connectivity index (χ2v) is 9.48. The van der Waals surface area contributed by atoms with Crippen LogP contribution in [0.25, 0.3) is 0 Å². The average molecular weight is 458 g/mol. The second-order valence-electron chi connectivity index (χ2n) is 6.62. The predicted molar refractivity (Wildman–Crippen MR) is 107 cm³/mol. The molecule has 2 aromatic carbocycles. The van der Waals surface area contributed by atoms with Gasteiger partial charge >= 0.3 is 15.6 Å². The van der Waals surface area contributed by atoms with Crippen molar-refractivity contribution in [2.24, 2.45) is 0 Å². The molecule has 30 heavy (non-hydrogen) atoms. The fraction of sp³-hybridized carbons (Fsp3) is 0.368. The fourth-order valence-corrected chi connectivity index (χ4v) is 4.42. The van der Waals surface area contributed by atoms with Crippen molar-refractivity contribution >= 4 is 15.6 Å². The third-order valence-electron chi connectivity index (χ3n) is 4.21. The zero-order chi connectivity index (χ0) is 21.5. The molecule has 0 amide bonds. The molecule has 1 heterocycles. The van der Waals surface area contributed by atoms with Crippen LogP contribution in [0, 0.1) is 0 Å². The van der Waals surface area contributed by atoms with Crippen LogP contribution in [0.3, 0.4) is 0 Å². The van der Waals surface area contributed by atoms with Crippen LogP contribution in [0.1, 0.15) is 24.0 Å². The normalized spacial score (nSPS) is 19.8. The summed E-state index contributed by atoms with van der Waals surface area (Å²) >= 11 is 0. The quantitative estimate of drug-likeness (QED) is 0.478. The van der Waals surface area contributed by atoms with Crippen LogP contribution in [-0.2, 0) is 45.2 Å². The Morgan fingerprint density at radius 2 is 1.37 bits per heavy atom. The van der Waals surface area contributed by atoms with Gasteiger partial charge in [0.25, 0.3) is 0 Å². The van der Waals surface area contributed by atoms with Crippen LogP contribution in [0.4, 0.5) is 0 Å². The molecule has 1 fully saturated rings. The second kappa shape index (κ2) is 10.8. The third-order valence-corrected chi connectivity index (χ3v) is 6.07. The van der Waals surface area contributed by atoms with E-state index in [0.29, 0.717) is 6.42 Å².